The maximum atomic E-state index is 12.8. The highest BCUT2D eigenvalue weighted by Gasteiger charge is 2.19. The Morgan fingerprint density at radius 1 is 1.10 bits per heavy atom. The van der Waals surface area contributed by atoms with Gasteiger partial charge >= 0.3 is 0 Å². The molecule has 2 rings (SSSR count). The van der Waals surface area contributed by atoms with Crippen LogP contribution in [0.25, 0.3) is 0 Å². The number of halogens is 2. The molecule has 1 atom stereocenters. The van der Waals surface area contributed by atoms with Crippen molar-refractivity contribution in [3.63, 3.8) is 0 Å². The van der Waals surface area contributed by atoms with Gasteiger partial charge in [-0.05, 0) is 42.8 Å². The van der Waals surface area contributed by atoms with Crippen LogP contribution >= 0.6 is 15.9 Å². The van der Waals surface area contributed by atoms with E-state index >= 15 is 0 Å². The molecule has 0 heterocycles. The summed E-state index contributed by atoms with van der Waals surface area (Å²) in [6.45, 7) is 1.75. The van der Waals surface area contributed by atoms with Gasteiger partial charge in [0.05, 0.1) is 4.90 Å². The summed E-state index contributed by atoms with van der Waals surface area (Å²) >= 11 is 3.39. The molecular formula is C14H13BrFNO2S. The van der Waals surface area contributed by atoms with Gasteiger partial charge in [0, 0.05) is 10.5 Å². The van der Waals surface area contributed by atoms with Gasteiger partial charge in [0.2, 0.25) is 10.0 Å². The Balaban J connectivity index is 2.24. The van der Waals surface area contributed by atoms with E-state index in [0.29, 0.717) is 0 Å². The Hall–Kier alpha value is -1.24. The Morgan fingerprint density at radius 2 is 1.70 bits per heavy atom. The number of hydrogen-bond acceptors (Lipinski definition) is 2. The first-order valence-electron chi connectivity index (χ1n) is 5.92. The molecule has 0 amide bonds. The van der Waals surface area contributed by atoms with E-state index in [1.54, 1.807) is 6.92 Å². The van der Waals surface area contributed by atoms with Gasteiger partial charge in [-0.2, -0.15) is 0 Å². The lowest BCUT2D eigenvalue weighted by Crippen LogP contribution is -2.27. The first-order valence-corrected chi connectivity index (χ1v) is 8.20. The van der Waals surface area contributed by atoms with Crippen LogP contribution in [0.3, 0.4) is 0 Å². The van der Waals surface area contributed by atoms with E-state index in [-0.39, 0.29) is 4.90 Å². The van der Waals surface area contributed by atoms with Gasteiger partial charge in [-0.25, -0.2) is 17.5 Å². The van der Waals surface area contributed by atoms with E-state index in [9.17, 15) is 12.8 Å². The van der Waals surface area contributed by atoms with E-state index in [0.717, 1.165) is 22.2 Å². The van der Waals surface area contributed by atoms with E-state index in [1.165, 1.54) is 12.1 Å². The predicted octanol–water partition coefficient (Wildman–Crippen LogP) is 3.63. The molecule has 6 heteroatoms. The van der Waals surface area contributed by atoms with E-state index in [1.807, 2.05) is 24.3 Å². The molecule has 1 unspecified atom stereocenters. The minimum Gasteiger partial charge on any atom is -0.207 e. The third-order valence-electron chi connectivity index (χ3n) is 2.83. The second-order valence-corrected chi connectivity index (χ2v) is 6.89. The fourth-order valence-electron chi connectivity index (χ4n) is 1.80. The molecule has 0 spiro atoms. The molecule has 1 N–H and O–H groups in total. The number of nitrogens with one attached hydrogen (secondary N) is 1. The predicted molar refractivity (Wildman–Crippen MR) is 79.3 cm³/mol. The van der Waals surface area contributed by atoms with E-state index in [4.69, 9.17) is 0 Å². The first kappa shape index (κ1) is 15.2. The van der Waals surface area contributed by atoms with Crippen LogP contribution in [-0.2, 0) is 10.0 Å². The van der Waals surface area contributed by atoms with Crippen LogP contribution in [0.1, 0.15) is 18.5 Å². The summed E-state index contributed by atoms with van der Waals surface area (Å²) in [4.78, 5) is 0.0396. The summed E-state index contributed by atoms with van der Waals surface area (Å²) in [5.41, 5.74) is 0.832. The summed E-state index contributed by atoms with van der Waals surface area (Å²) in [7, 11) is -3.68. The number of rotatable bonds is 4. The summed E-state index contributed by atoms with van der Waals surface area (Å²) in [6, 6.07) is 11.7. The Bertz CT molecular complexity index is 701. The molecule has 0 radical (unpaired) electrons. The van der Waals surface area contributed by atoms with Crippen LogP contribution in [0.2, 0.25) is 0 Å². The third kappa shape index (κ3) is 3.45. The average molecular weight is 358 g/mol. The van der Waals surface area contributed by atoms with Crippen molar-refractivity contribution in [1.82, 2.24) is 4.72 Å². The fourth-order valence-corrected chi connectivity index (χ4v) is 3.66. The Morgan fingerprint density at radius 3 is 2.30 bits per heavy atom. The second kappa shape index (κ2) is 6.03. The van der Waals surface area contributed by atoms with Crippen LogP contribution in [0.5, 0.6) is 0 Å². The molecule has 0 saturated heterocycles. The van der Waals surface area contributed by atoms with Crippen LogP contribution in [0, 0.1) is 5.82 Å². The van der Waals surface area contributed by atoms with Crippen LogP contribution < -0.4 is 4.72 Å². The fraction of sp³-hybridized carbons (Fsp3) is 0.143. The molecule has 0 aromatic heterocycles. The van der Waals surface area contributed by atoms with Crippen LogP contribution in [-0.4, -0.2) is 8.42 Å². The van der Waals surface area contributed by atoms with Crippen molar-refractivity contribution in [3.05, 3.63) is 64.4 Å². The lowest BCUT2D eigenvalue weighted by molar-refractivity contribution is 0.566. The van der Waals surface area contributed by atoms with Gasteiger partial charge in [-0.3, -0.25) is 0 Å². The van der Waals surface area contributed by atoms with Gasteiger partial charge in [-0.1, -0.05) is 34.1 Å². The molecule has 2 aromatic carbocycles. The quantitative estimate of drug-likeness (QED) is 0.907. The van der Waals surface area contributed by atoms with Crippen molar-refractivity contribution in [3.8, 4) is 0 Å². The zero-order valence-corrected chi connectivity index (χ0v) is 13.1. The van der Waals surface area contributed by atoms with Crippen molar-refractivity contribution in [1.29, 1.82) is 0 Å². The zero-order valence-electron chi connectivity index (χ0n) is 10.7. The van der Waals surface area contributed by atoms with Gasteiger partial charge in [0.15, 0.2) is 0 Å². The van der Waals surface area contributed by atoms with Crippen LogP contribution in [0.4, 0.5) is 4.39 Å². The van der Waals surface area contributed by atoms with Gasteiger partial charge < -0.3 is 0 Å². The highest BCUT2D eigenvalue weighted by molar-refractivity contribution is 9.10. The van der Waals surface area contributed by atoms with Crippen molar-refractivity contribution in [2.75, 3.05) is 0 Å². The average Bonchev–Trinajstić information content (AvgIpc) is 2.39. The maximum absolute atomic E-state index is 12.8. The number of hydrogen-bond donors (Lipinski definition) is 1. The molecule has 20 heavy (non-hydrogen) atoms. The van der Waals surface area contributed by atoms with Crippen molar-refractivity contribution in [2.45, 2.75) is 17.9 Å². The molecule has 0 saturated carbocycles. The highest BCUT2D eigenvalue weighted by Crippen LogP contribution is 2.24. The summed E-state index contributed by atoms with van der Waals surface area (Å²) < 4.78 is 40.6. The highest BCUT2D eigenvalue weighted by atomic mass is 79.9. The molecule has 0 aliphatic carbocycles. The normalized spacial score (nSPS) is 13.2. The van der Waals surface area contributed by atoms with Gasteiger partial charge in [0.1, 0.15) is 5.82 Å². The molecule has 2 aromatic rings. The Kier molecular flexibility index (Phi) is 4.57. The number of benzene rings is 2. The molecule has 106 valence electrons. The Labute approximate surface area is 126 Å². The van der Waals surface area contributed by atoms with E-state index < -0.39 is 21.9 Å². The van der Waals surface area contributed by atoms with E-state index in [2.05, 4.69) is 20.7 Å². The first-order chi connectivity index (χ1) is 9.40. The van der Waals surface area contributed by atoms with Crippen molar-refractivity contribution < 1.29 is 12.8 Å². The third-order valence-corrected chi connectivity index (χ3v) is 5.11. The largest absolute Gasteiger partial charge is 0.241 e. The number of sulfonamides is 1. The molecule has 0 fully saturated rings. The van der Waals surface area contributed by atoms with Crippen molar-refractivity contribution >= 4 is 26.0 Å². The molecular weight excluding hydrogens is 345 g/mol. The molecule has 0 aliphatic heterocycles. The smallest absolute Gasteiger partial charge is 0.207 e. The second-order valence-electron chi connectivity index (χ2n) is 4.32. The van der Waals surface area contributed by atoms with Crippen LogP contribution in [0.15, 0.2) is 57.9 Å². The van der Waals surface area contributed by atoms with Crippen molar-refractivity contribution in [2.24, 2.45) is 0 Å². The molecule has 0 bridgehead atoms. The topological polar surface area (TPSA) is 46.2 Å². The minimum absolute atomic E-state index is 0.0396. The SMILES string of the molecule is CC(NS(=O)(=O)c1ccc(F)cc1)c1ccccc1Br. The lowest BCUT2D eigenvalue weighted by atomic mass is 10.1. The summed E-state index contributed by atoms with van der Waals surface area (Å²) in [6.07, 6.45) is 0. The minimum atomic E-state index is -3.68. The lowest BCUT2D eigenvalue weighted by Gasteiger charge is -2.16. The standard InChI is InChI=1S/C14H13BrFNO2S/c1-10(13-4-2-3-5-14(13)15)17-20(18,19)12-8-6-11(16)7-9-12/h2-10,17H,1H3. The molecule has 3 nitrogen and oxygen atoms in total. The maximum Gasteiger partial charge on any atom is 0.241 e. The van der Waals surface area contributed by atoms with Gasteiger partial charge in [0.25, 0.3) is 0 Å². The summed E-state index contributed by atoms with van der Waals surface area (Å²) in [5.74, 6) is -0.470. The monoisotopic (exact) mass is 357 g/mol. The zero-order chi connectivity index (χ0) is 14.8. The summed E-state index contributed by atoms with van der Waals surface area (Å²) in [5, 5.41) is 0. The molecule has 0 aliphatic rings. The van der Waals surface area contributed by atoms with Gasteiger partial charge in [-0.15, -0.1) is 0 Å².